The van der Waals surface area contributed by atoms with Crippen molar-refractivity contribution in [1.29, 1.82) is 0 Å². The summed E-state index contributed by atoms with van der Waals surface area (Å²) in [5.41, 5.74) is 3.53. The van der Waals surface area contributed by atoms with E-state index < -0.39 is 0 Å². The van der Waals surface area contributed by atoms with Crippen LogP contribution >= 0.6 is 12.4 Å². The van der Waals surface area contributed by atoms with Crippen molar-refractivity contribution >= 4 is 30.1 Å². The predicted molar refractivity (Wildman–Crippen MR) is 112 cm³/mol. The molecule has 1 N–H and O–H groups in total. The number of halogens is 1. The first kappa shape index (κ1) is 20.6. The quantitative estimate of drug-likeness (QED) is 0.740. The molecule has 1 aromatic heterocycles. The number of hydrogen-bond donors (Lipinski definition) is 1. The highest BCUT2D eigenvalue weighted by Gasteiger charge is 2.49. The third-order valence-electron chi connectivity index (χ3n) is 5.37. The van der Waals surface area contributed by atoms with Gasteiger partial charge in [0.2, 0.25) is 0 Å². The highest BCUT2D eigenvalue weighted by molar-refractivity contribution is 5.85. The van der Waals surface area contributed by atoms with Gasteiger partial charge in [0, 0.05) is 18.2 Å². The Morgan fingerprint density at radius 1 is 1.29 bits per heavy atom. The molecular weight excluding hydrogens is 376 g/mol. The standard InChI is InChI=1S/C21H27N4O2.ClH/c1-14(2)9-10-22-21-19-16(12-23-24-21)13-25(27-4)18(26-3)11-15-7-5-6-8-17(15)20(19)25;/h6,8,11-14H,5,7,9-10H2,1-4H3,(H,22,24);1H/q+1;. The molecule has 3 heterocycles. The zero-order chi connectivity index (χ0) is 19.0. The number of aromatic nitrogens is 2. The summed E-state index contributed by atoms with van der Waals surface area (Å²) >= 11 is 0. The van der Waals surface area contributed by atoms with E-state index in [-0.39, 0.29) is 17.1 Å². The van der Waals surface area contributed by atoms with E-state index in [1.807, 2.05) is 0 Å². The second-order valence-corrected chi connectivity index (χ2v) is 7.52. The Morgan fingerprint density at radius 3 is 2.82 bits per heavy atom. The largest absolute Gasteiger partial charge is 0.452 e. The van der Waals surface area contributed by atoms with Crippen molar-refractivity contribution in [2.24, 2.45) is 5.92 Å². The number of hydroxylamine groups is 3. The minimum Gasteiger partial charge on any atom is -0.452 e. The number of nitrogens with one attached hydrogen (secondary N) is 1. The van der Waals surface area contributed by atoms with E-state index in [4.69, 9.17) is 9.57 Å². The van der Waals surface area contributed by atoms with Gasteiger partial charge in [0.25, 0.3) is 0 Å². The summed E-state index contributed by atoms with van der Waals surface area (Å²) in [6.45, 7) is 5.30. The van der Waals surface area contributed by atoms with Crippen LogP contribution in [0.15, 0.2) is 41.5 Å². The lowest BCUT2D eigenvalue weighted by Gasteiger charge is -2.34. The molecule has 0 fully saturated rings. The summed E-state index contributed by atoms with van der Waals surface area (Å²) in [6, 6.07) is 0. The lowest BCUT2D eigenvalue weighted by Crippen LogP contribution is -2.42. The third-order valence-corrected chi connectivity index (χ3v) is 5.37. The Kier molecular flexibility index (Phi) is 5.93. The van der Waals surface area contributed by atoms with Crippen molar-refractivity contribution in [2.45, 2.75) is 33.1 Å². The van der Waals surface area contributed by atoms with E-state index in [9.17, 15) is 0 Å². The molecule has 0 aromatic carbocycles. The summed E-state index contributed by atoms with van der Waals surface area (Å²) in [5.74, 6) is 2.19. The first-order valence-corrected chi connectivity index (χ1v) is 9.55. The molecule has 28 heavy (non-hydrogen) atoms. The van der Waals surface area contributed by atoms with Gasteiger partial charge in [-0.15, -0.1) is 17.5 Å². The Bertz CT molecular complexity index is 981. The average molecular weight is 404 g/mol. The third kappa shape index (κ3) is 3.15. The van der Waals surface area contributed by atoms with Crippen LogP contribution in [-0.4, -0.2) is 35.6 Å². The number of hydrogen-bond acceptors (Lipinski definition) is 5. The molecule has 0 saturated carbocycles. The molecule has 0 amide bonds. The summed E-state index contributed by atoms with van der Waals surface area (Å²) in [6.07, 6.45) is 13.5. The fourth-order valence-electron chi connectivity index (χ4n) is 4.00. The zero-order valence-electron chi connectivity index (χ0n) is 16.9. The van der Waals surface area contributed by atoms with Gasteiger partial charge in [0.15, 0.2) is 17.7 Å². The predicted octanol–water partition coefficient (Wildman–Crippen LogP) is 2.74. The van der Waals surface area contributed by atoms with Crippen LogP contribution in [0.5, 0.6) is 0 Å². The molecule has 0 bridgehead atoms. The highest BCUT2D eigenvalue weighted by Crippen LogP contribution is 2.43. The highest BCUT2D eigenvalue weighted by atomic mass is 35.5. The molecule has 6 nitrogen and oxygen atoms in total. The van der Waals surface area contributed by atoms with Gasteiger partial charge in [0.05, 0.1) is 30.9 Å². The maximum Gasteiger partial charge on any atom is 0.335 e. The van der Waals surface area contributed by atoms with Crippen molar-refractivity contribution in [3.05, 3.63) is 51.9 Å². The number of rotatable bonds is 6. The molecule has 4 rings (SSSR count). The van der Waals surface area contributed by atoms with Gasteiger partial charge in [-0.05, 0) is 30.8 Å². The first-order valence-electron chi connectivity index (χ1n) is 9.55. The van der Waals surface area contributed by atoms with Gasteiger partial charge in [-0.2, -0.15) is 9.94 Å². The molecule has 7 heteroatoms. The summed E-state index contributed by atoms with van der Waals surface area (Å²) in [5, 5.41) is 14.2. The van der Waals surface area contributed by atoms with Gasteiger partial charge in [0.1, 0.15) is 0 Å². The van der Waals surface area contributed by atoms with Gasteiger partial charge in [-0.1, -0.05) is 30.6 Å². The van der Waals surface area contributed by atoms with Crippen LogP contribution in [-0.2, 0) is 9.57 Å². The molecule has 1 aliphatic carbocycles. The van der Waals surface area contributed by atoms with Crippen LogP contribution in [0.1, 0.15) is 33.1 Å². The molecule has 0 saturated heterocycles. The normalized spacial score (nSPS) is 22.0. The number of fused-ring (bicyclic) bond motifs is 3. The van der Waals surface area contributed by atoms with Crippen LogP contribution in [0.2, 0.25) is 0 Å². The Labute approximate surface area is 171 Å². The number of allylic oxidation sites excluding steroid dienone is 3. The Morgan fingerprint density at radius 2 is 2.11 bits per heavy atom. The monoisotopic (exact) mass is 403 g/mol. The average Bonchev–Trinajstić information content (AvgIpc) is 3.03. The van der Waals surface area contributed by atoms with Gasteiger partial charge >= 0.3 is 5.88 Å². The molecule has 0 spiro atoms. The topological polar surface area (TPSA) is 56.3 Å². The van der Waals surface area contributed by atoms with Crippen molar-refractivity contribution < 1.29 is 14.2 Å². The number of anilines is 1. The van der Waals surface area contributed by atoms with Gasteiger partial charge in [-0.25, -0.2) is 0 Å². The second kappa shape index (κ2) is 8.07. The van der Waals surface area contributed by atoms with Crippen molar-refractivity contribution in [1.82, 2.24) is 10.2 Å². The second-order valence-electron chi connectivity index (χ2n) is 7.52. The fraction of sp³-hybridized carbons (Fsp3) is 0.429. The minimum atomic E-state index is 0. The SMILES string of the molecule is COC1=CC2=C(C=CCC2)C2=c3c(NCCC(C)C)nncc3=C[N+]12OC.Cl. The molecule has 3 aliphatic rings. The zero-order valence-corrected chi connectivity index (χ0v) is 17.7. The molecule has 1 atom stereocenters. The lowest BCUT2D eigenvalue weighted by atomic mass is 9.91. The van der Waals surface area contributed by atoms with E-state index in [1.54, 1.807) is 20.4 Å². The smallest absolute Gasteiger partial charge is 0.335 e. The van der Waals surface area contributed by atoms with Crippen molar-refractivity contribution in [3.8, 4) is 0 Å². The van der Waals surface area contributed by atoms with Crippen LogP contribution in [0.4, 0.5) is 5.82 Å². The van der Waals surface area contributed by atoms with Crippen molar-refractivity contribution in [2.75, 3.05) is 26.1 Å². The van der Waals surface area contributed by atoms with Crippen LogP contribution in [0.25, 0.3) is 11.9 Å². The fourth-order valence-corrected chi connectivity index (χ4v) is 4.00. The van der Waals surface area contributed by atoms with Crippen LogP contribution in [0, 0.1) is 5.92 Å². The molecule has 1 unspecified atom stereocenters. The van der Waals surface area contributed by atoms with E-state index in [2.05, 4.69) is 53.8 Å². The number of methoxy groups -OCH3 is 1. The van der Waals surface area contributed by atoms with E-state index in [1.165, 1.54) is 11.1 Å². The molecule has 1 aromatic rings. The first-order chi connectivity index (χ1) is 13.1. The summed E-state index contributed by atoms with van der Waals surface area (Å²) in [7, 11) is 3.40. The van der Waals surface area contributed by atoms with Crippen molar-refractivity contribution in [3.63, 3.8) is 0 Å². The maximum atomic E-state index is 6.04. The summed E-state index contributed by atoms with van der Waals surface area (Å²) in [4.78, 5) is 6.04. The Hall–Kier alpha value is -2.15. The molecular formula is C21H28ClN4O2+. The molecule has 0 radical (unpaired) electrons. The number of nitrogens with zero attached hydrogens (tertiary/aromatic N) is 3. The molecule has 150 valence electrons. The lowest BCUT2D eigenvalue weighted by molar-refractivity contribution is -0.962. The number of ether oxygens (including phenoxy) is 1. The van der Waals surface area contributed by atoms with Crippen LogP contribution in [0.3, 0.4) is 0 Å². The maximum absolute atomic E-state index is 6.04. The summed E-state index contributed by atoms with van der Waals surface area (Å²) < 4.78 is 5.87. The molecule has 2 aliphatic heterocycles. The number of quaternary nitrogens is 1. The Balaban J connectivity index is 0.00000225. The van der Waals surface area contributed by atoms with E-state index >= 15 is 0 Å². The van der Waals surface area contributed by atoms with E-state index in [0.717, 1.165) is 53.6 Å². The minimum absolute atomic E-state index is 0. The van der Waals surface area contributed by atoms with E-state index in [0.29, 0.717) is 5.92 Å². The van der Waals surface area contributed by atoms with Crippen LogP contribution < -0.4 is 15.8 Å². The van der Waals surface area contributed by atoms with Gasteiger partial charge < -0.3 is 10.1 Å². The van der Waals surface area contributed by atoms with Gasteiger partial charge in [-0.3, -0.25) is 0 Å².